The third-order valence-corrected chi connectivity index (χ3v) is 6.63. The summed E-state index contributed by atoms with van der Waals surface area (Å²) >= 11 is 0. The highest BCUT2D eigenvalue weighted by Crippen LogP contribution is 2.30. The number of carbonyl (C=O) groups is 4. The molecule has 2 atom stereocenters. The summed E-state index contributed by atoms with van der Waals surface area (Å²) in [7, 11) is 0. The van der Waals surface area contributed by atoms with E-state index in [4.69, 9.17) is 10.6 Å². The molecule has 40 heavy (non-hydrogen) atoms. The molecule has 13 heteroatoms. The fourth-order valence-electron chi connectivity index (χ4n) is 4.33. The van der Waals surface area contributed by atoms with Crippen LogP contribution in [0.4, 0.5) is 5.82 Å². The largest absolute Gasteiger partial charge is 0.480 e. The van der Waals surface area contributed by atoms with Gasteiger partial charge >= 0.3 is 11.9 Å². The highest BCUT2D eigenvalue weighted by Gasteiger charge is 2.33. The molecule has 210 valence electrons. The smallest absolute Gasteiger partial charge is 0.333 e. The molecule has 1 saturated heterocycles. The van der Waals surface area contributed by atoms with Gasteiger partial charge in [0.15, 0.2) is 5.82 Å². The SMILES string of the molecule is C=C1CC(CC)=Nc2ncc(C=NC3=CC=C(C(N)NC(CCC(=O)ON4C(=O)CCC4=O)C(=O)O)CC3)nc21. The molecule has 0 radical (unpaired) electrons. The monoisotopic (exact) mass is 549 g/mol. The molecule has 1 fully saturated rings. The number of amides is 2. The quantitative estimate of drug-likeness (QED) is 0.209. The normalized spacial score (nSPS) is 18.7. The fourth-order valence-corrected chi connectivity index (χ4v) is 4.33. The lowest BCUT2D eigenvalue weighted by Gasteiger charge is -2.24. The van der Waals surface area contributed by atoms with Gasteiger partial charge in [-0.25, -0.2) is 19.8 Å². The standard InChI is InChI=1S/C27H31N7O6/c1-3-17-12-15(2)24-26(32-17)30-14-19(31-24)13-29-18-6-4-16(5-7-18)25(28)33-20(27(38)39)8-11-23(37)40-34-21(35)9-10-22(34)36/h4,6,13-14,20,25,33H,2-3,5,7-12,28H2,1H3,(H,38,39). The summed E-state index contributed by atoms with van der Waals surface area (Å²) in [5.41, 5.74) is 11.0. The van der Waals surface area contributed by atoms with E-state index in [1.807, 2.05) is 6.92 Å². The Balaban J connectivity index is 1.32. The molecule has 4 rings (SSSR count). The lowest BCUT2D eigenvalue weighted by Crippen LogP contribution is -2.49. The average molecular weight is 550 g/mol. The van der Waals surface area contributed by atoms with Crippen molar-refractivity contribution in [3.05, 3.63) is 47.6 Å². The van der Waals surface area contributed by atoms with Gasteiger partial charge in [0.1, 0.15) is 17.4 Å². The molecule has 1 aliphatic carbocycles. The minimum Gasteiger partial charge on any atom is -0.480 e. The summed E-state index contributed by atoms with van der Waals surface area (Å²) in [5, 5.41) is 12.8. The molecule has 0 saturated carbocycles. The maximum absolute atomic E-state index is 12.0. The van der Waals surface area contributed by atoms with Crippen LogP contribution in [-0.2, 0) is 24.0 Å². The third kappa shape index (κ3) is 6.98. The number of aromatic nitrogens is 2. The number of aliphatic imine (C=N–C) groups is 2. The molecular weight excluding hydrogens is 518 g/mol. The molecule has 1 aromatic heterocycles. The van der Waals surface area contributed by atoms with Crippen molar-refractivity contribution in [2.45, 2.75) is 70.5 Å². The Bertz CT molecular complexity index is 1350. The van der Waals surface area contributed by atoms with Crippen LogP contribution in [0, 0.1) is 0 Å². The molecule has 2 amide bonds. The molecule has 3 aliphatic rings. The highest BCUT2D eigenvalue weighted by atomic mass is 16.7. The van der Waals surface area contributed by atoms with Crippen LogP contribution in [0.2, 0.25) is 0 Å². The molecule has 0 bridgehead atoms. The zero-order chi connectivity index (χ0) is 28.8. The van der Waals surface area contributed by atoms with Crippen molar-refractivity contribution in [1.82, 2.24) is 20.3 Å². The molecule has 2 unspecified atom stereocenters. The Labute approximate surface area is 230 Å². The second-order valence-electron chi connectivity index (χ2n) is 9.56. The zero-order valence-corrected chi connectivity index (χ0v) is 22.1. The predicted octanol–water partition coefficient (Wildman–Crippen LogP) is 2.11. The number of aliphatic carboxylic acids is 1. The van der Waals surface area contributed by atoms with Crippen LogP contribution in [-0.4, -0.2) is 68.0 Å². The van der Waals surface area contributed by atoms with Gasteiger partial charge in [-0.2, -0.15) is 0 Å². The Hall–Kier alpha value is -4.36. The van der Waals surface area contributed by atoms with Crippen molar-refractivity contribution in [3.8, 4) is 0 Å². The van der Waals surface area contributed by atoms with E-state index in [0.29, 0.717) is 41.5 Å². The number of nitrogens with two attached hydrogens (primary N) is 1. The van der Waals surface area contributed by atoms with E-state index in [0.717, 1.165) is 29.0 Å². The average Bonchev–Trinajstić information content (AvgIpc) is 3.26. The summed E-state index contributed by atoms with van der Waals surface area (Å²) in [6.07, 6.45) is 8.19. The summed E-state index contributed by atoms with van der Waals surface area (Å²) in [6.45, 7) is 6.14. The summed E-state index contributed by atoms with van der Waals surface area (Å²) in [6, 6.07) is -1.15. The molecule has 2 aliphatic heterocycles. The zero-order valence-electron chi connectivity index (χ0n) is 22.1. The van der Waals surface area contributed by atoms with Crippen LogP contribution in [0.3, 0.4) is 0 Å². The first-order chi connectivity index (χ1) is 19.1. The number of imide groups is 1. The van der Waals surface area contributed by atoms with E-state index in [9.17, 15) is 24.3 Å². The van der Waals surface area contributed by atoms with Crippen molar-refractivity contribution >= 4 is 47.1 Å². The first-order valence-corrected chi connectivity index (χ1v) is 13.0. The Morgan fingerprint density at radius 3 is 2.65 bits per heavy atom. The van der Waals surface area contributed by atoms with Crippen molar-refractivity contribution in [2.24, 2.45) is 15.7 Å². The maximum atomic E-state index is 12.0. The Morgan fingerprint density at radius 2 is 2.00 bits per heavy atom. The van der Waals surface area contributed by atoms with Crippen LogP contribution >= 0.6 is 0 Å². The molecule has 13 nitrogen and oxygen atoms in total. The number of allylic oxidation sites excluding steroid dienone is 4. The van der Waals surface area contributed by atoms with Crippen molar-refractivity contribution in [2.75, 3.05) is 0 Å². The number of carbonyl (C=O) groups excluding carboxylic acids is 3. The predicted molar refractivity (Wildman–Crippen MR) is 145 cm³/mol. The molecule has 1 aromatic rings. The van der Waals surface area contributed by atoms with E-state index in [1.54, 1.807) is 24.6 Å². The van der Waals surface area contributed by atoms with Gasteiger partial charge in [-0.1, -0.05) is 19.6 Å². The summed E-state index contributed by atoms with van der Waals surface area (Å²) in [5.74, 6) is -2.70. The lowest BCUT2D eigenvalue weighted by molar-refractivity contribution is -0.197. The van der Waals surface area contributed by atoms with Crippen LogP contribution in [0.25, 0.3) is 5.57 Å². The van der Waals surface area contributed by atoms with Crippen LogP contribution in [0.15, 0.2) is 46.2 Å². The summed E-state index contributed by atoms with van der Waals surface area (Å²) < 4.78 is 0. The van der Waals surface area contributed by atoms with Gasteiger partial charge in [0.2, 0.25) is 0 Å². The number of hydrogen-bond donors (Lipinski definition) is 3. The van der Waals surface area contributed by atoms with E-state index in [1.165, 1.54) is 0 Å². The van der Waals surface area contributed by atoms with Crippen LogP contribution in [0.5, 0.6) is 0 Å². The number of hydroxylamine groups is 2. The molecule has 0 aromatic carbocycles. The number of nitrogens with zero attached hydrogens (tertiary/aromatic N) is 5. The van der Waals surface area contributed by atoms with Gasteiger partial charge in [0.25, 0.3) is 11.8 Å². The van der Waals surface area contributed by atoms with E-state index >= 15 is 0 Å². The van der Waals surface area contributed by atoms with Crippen molar-refractivity contribution < 1.29 is 29.1 Å². The highest BCUT2D eigenvalue weighted by molar-refractivity contribution is 6.01. The lowest BCUT2D eigenvalue weighted by atomic mass is 9.99. The molecule has 0 spiro atoms. The second-order valence-corrected chi connectivity index (χ2v) is 9.56. The molecular formula is C27H31N7O6. The molecule has 4 N–H and O–H groups in total. The Kier molecular flexibility index (Phi) is 9.07. The first-order valence-electron chi connectivity index (χ1n) is 13.0. The minimum absolute atomic E-state index is 0.0233. The van der Waals surface area contributed by atoms with Gasteiger partial charge in [-0.05, 0) is 42.9 Å². The first kappa shape index (κ1) is 28.6. The number of carboxylic acid groups (broad SMARTS) is 1. The van der Waals surface area contributed by atoms with Crippen LogP contribution < -0.4 is 11.1 Å². The van der Waals surface area contributed by atoms with Gasteiger partial charge < -0.3 is 15.7 Å². The number of hydrogen-bond acceptors (Lipinski definition) is 11. The second kappa shape index (κ2) is 12.7. The number of nitrogens with one attached hydrogen (secondary N) is 1. The van der Waals surface area contributed by atoms with Gasteiger partial charge in [0, 0.05) is 30.7 Å². The van der Waals surface area contributed by atoms with E-state index in [-0.39, 0.29) is 25.7 Å². The fraction of sp³-hybridized carbons (Fsp3) is 0.407. The van der Waals surface area contributed by atoms with E-state index in [2.05, 4.69) is 31.8 Å². The topological polar surface area (TPSA) is 190 Å². The van der Waals surface area contributed by atoms with Crippen molar-refractivity contribution in [3.63, 3.8) is 0 Å². The minimum atomic E-state index is -1.20. The third-order valence-electron chi connectivity index (χ3n) is 6.63. The Morgan fingerprint density at radius 1 is 1.25 bits per heavy atom. The molecule has 3 heterocycles. The maximum Gasteiger partial charge on any atom is 0.333 e. The van der Waals surface area contributed by atoms with E-state index < -0.39 is 36.0 Å². The number of fused-ring (bicyclic) bond motifs is 1. The van der Waals surface area contributed by atoms with Crippen LogP contribution in [0.1, 0.15) is 69.7 Å². The number of carboxylic acids is 1. The van der Waals surface area contributed by atoms with Gasteiger partial charge in [-0.3, -0.25) is 24.7 Å². The van der Waals surface area contributed by atoms with Gasteiger partial charge in [0.05, 0.1) is 25.0 Å². The van der Waals surface area contributed by atoms with Crippen molar-refractivity contribution in [1.29, 1.82) is 0 Å². The van der Waals surface area contributed by atoms with Gasteiger partial charge in [-0.15, -0.1) is 5.06 Å². The summed E-state index contributed by atoms with van der Waals surface area (Å²) in [4.78, 5) is 69.7. The number of rotatable bonds is 11.